The molecule has 3 aromatic rings. The van der Waals surface area contributed by atoms with Crippen molar-refractivity contribution in [2.24, 2.45) is 0 Å². The zero-order valence-electron chi connectivity index (χ0n) is 15.1. The van der Waals surface area contributed by atoms with Crippen molar-refractivity contribution in [2.75, 3.05) is 33.2 Å². The van der Waals surface area contributed by atoms with E-state index in [1.165, 1.54) is 18.5 Å². The summed E-state index contributed by atoms with van der Waals surface area (Å²) in [6.07, 6.45) is 1.22. The third kappa shape index (κ3) is 3.69. The van der Waals surface area contributed by atoms with Gasteiger partial charge in [-0.2, -0.15) is 0 Å². The van der Waals surface area contributed by atoms with Gasteiger partial charge in [0.05, 0.1) is 10.9 Å². The summed E-state index contributed by atoms with van der Waals surface area (Å²) in [6, 6.07) is 15.8. The van der Waals surface area contributed by atoms with Crippen molar-refractivity contribution in [1.29, 1.82) is 0 Å². The number of hydrogen-bond acceptors (Lipinski definition) is 4. The zero-order chi connectivity index (χ0) is 17.9. The Morgan fingerprint density at radius 3 is 2.65 bits per heavy atom. The van der Waals surface area contributed by atoms with E-state index in [0.29, 0.717) is 11.2 Å². The van der Waals surface area contributed by atoms with Gasteiger partial charge in [-0.05, 0) is 44.3 Å². The first-order valence-electron chi connectivity index (χ1n) is 9.18. The fourth-order valence-corrected chi connectivity index (χ4v) is 3.51. The van der Waals surface area contributed by atoms with Crippen molar-refractivity contribution < 1.29 is 0 Å². The van der Waals surface area contributed by atoms with Crippen LogP contribution < -0.4 is 5.56 Å². The number of fused-ring (bicyclic) bond motifs is 1. The second-order valence-corrected chi connectivity index (χ2v) is 7.06. The molecule has 4 rings (SSSR count). The molecule has 0 radical (unpaired) electrons. The van der Waals surface area contributed by atoms with Crippen molar-refractivity contribution in [3.8, 4) is 11.4 Å². The Morgan fingerprint density at radius 2 is 1.81 bits per heavy atom. The topological polar surface area (TPSA) is 52.2 Å². The molecule has 1 saturated heterocycles. The molecule has 26 heavy (non-hydrogen) atoms. The van der Waals surface area contributed by atoms with Crippen molar-refractivity contribution in [3.05, 3.63) is 64.4 Å². The number of nitrogens with one attached hydrogen (secondary N) is 1. The van der Waals surface area contributed by atoms with Gasteiger partial charge in [0.2, 0.25) is 0 Å². The zero-order valence-corrected chi connectivity index (χ0v) is 15.1. The van der Waals surface area contributed by atoms with Crippen molar-refractivity contribution in [1.82, 2.24) is 19.8 Å². The molecule has 0 amide bonds. The minimum atomic E-state index is -0.0941. The summed E-state index contributed by atoms with van der Waals surface area (Å²) in [6.45, 7) is 5.52. The van der Waals surface area contributed by atoms with Crippen LogP contribution >= 0.6 is 0 Å². The quantitative estimate of drug-likeness (QED) is 0.791. The van der Waals surface area contributed by atoms with Crippen LogP contribution in [0.1, 0.15) is 12.0 Å². The summed E-state index contributed by atoms with van der Waals surface area (Å²) in [5.41, 5.74) is 2.86. The number of rotatable bonds is 3. The molecular weight excluding hydrogens is 324 g/mol. The van der Waals surface area contributed by atoms with Crippen LogP contribution in [0.3, 0.4) is 0 Å². The van der Waals surface area contributed by atoms with E-state index in [1.54, 1.807) is 6.07 Å². The summed E-state index contributed by atoms with van der Waals surface area (Å²) in [4.78, 5) is 24.7. The van der Waals surface area contributed by atoms with Crippen LogP contribution in [0, 0.1) is 0 Å². The van der Waals surface area contributed by atoms with Gasteiger partial charge in [-0.1, -0.05) is 36.4 Å². The van der Waals surface area contributed by atoms with Gasteiger partial charge in [0.15, 0.2) is 0 Å². The summed E-state index contributed by atoms with van der Waals surface area (Å²) in [5.74, 6) is 0.622. The van der Waals surface area contributed by atoms with Crippen LogP contribution in [-0.4, -0.2) is 53.0 Å². The second kappa shape index (κ2) is 7.40. The van der Waals surface area contributed by atoms with Gasteiger partial charge in [-0.15, -0.1) is 0 Å². The lowest BCUT2D eigenvalue weighted by atomic mass is 10.1. The minimum absolute atomic E-state index is 0.0941. The Labute approximate surface area is 153 Å². The van der Waals surface area contributed by atoms with Gasteiger partial charge in [0.25, 0.3) is 5.56 Å². The number of para-hydroxylation sites is 1. The molecule has 5 heteroatoms. The predicted molar refractivity (Wildman–Crippen MR) is 105 cm³/mol. The molecule has 1 aromatic heterocycles. The van der Waals surface area contributed by atoms with E-state index < -0.39 is 0 Å². The number of aromatic amines is 1. The number of benzene rings is 2. The minimum Gasteiger partial charge on any atom is -0.306 e. The number of likely N-dealkylation sites (N-methyl/N-ethyl adjacent to an activating group) is 1. The highest BCUT2D eigenvalue weighted by atomic mass is 16.1. The van der Waals surface area contributed by atoms with E-state index in [0.717, 1.165) is 37.3 Å². The molecule has 1 aliphatic heterocycles. The molecule has 1 fully saturated rings. The van der Waals surface area contributed by atoms with Gasteiger partial charge >= 0.3 is 0 Å². The monoisotopic (exact) mass is 348 g/mol. The van der Waals surface area contributed by atoms with Crippen molar-refractivity contribution in [3.63, 3.8) is 0 Å². The third-order valence-electron chi connectivity index (χ3n) is 5.06. The standard InChI is InChI=1S/C21H24N4O/c1-24-11-4-12-25(14-13-24)15-16-7-9-17(10-8-16)20-22-19-6-3-2-5-18(19)21(26)23-20/h2-3,5-10H,4,11-15H2,1H3,(H,22,23,26). The smallest absolute Gasteiger partial charge is 0.259 e. The van der Waals surface area contributed by atoms with E-state index in [1.807, 2.05) is 30.3 Å². The average Bonchev–Trinajstić information content (AvgIpc) is 2.87. The number of hydrogen-bond donors (Lipinski definition) is 1. The van der Waals surface area contributed by atoms with Gasteiger partial charge in [0.1, 0.15) is 5.82 Å². The van der Waals surface area contributed by atoms with E-state index in [2.05, 4.69) is 38.9 Å². The lowest BCUT2D eigenvalue weighted by Crippen LogP contribution is -2.28. The van der Waals surface area contributed by atoms with E-state index in [-0.39, 0.29) is 5.56 Å². The van der Waals surface area contributed by atoms with Gasteiger partial charge in [-0.25, -0.2) is 4.98 Å². The maximum absolute atomic E-state index is 12.3. The first kappa shape index (κ1) is 16.9. The van der Waals surface area contributed by atoms with Crippen LogP contribution in [0.4, 0.5) is 0 Å². The van der Waals surface area contributed by atoms with Crippen molar-refractivity contribution >= 4 is 10.9 Å². The molecule has 0 atom stereocenters. The first-order valence-corrected chi connectivity index (χ1v) is 9.18. The summed E-state index contributed by atoms with van der Waals surface area (Å²) in [7, 11) is 2.19. The molecule has 0 unspecified atom stereocenters. The lowest BCUT2D eigenvalue weighted by Gasteiger charge is -2.20. The van der Waals surface area contributed by atoms with Gasteiger partial charge < -0.3 is 9.88 Å². The van der Waals surface area contributed by atoms with Crippen molar-refractivity contribution in [2.45, 2.75) is 13.0 Å². The fraction of sp³-hybridized carbons (Fsp3) is 0.333. The first-order chi connectivity index (χ1) is 12.7. The highest BCUT2D eigenvalue weighted by Crippen LogP contribution is 2.18. The Bertz CT molecular complexity index is 948. The molecule has 134 valence electrons. The normalized spacial score (nSPS) is 16.7. The molecule has 0 saturated carbocycles. The number of nitrogens with zero attached hydrogens (tertiary/aromatic N) is 3. The van der Waals surface area contributed by atoms with E-state index >= 15 is 0 Å². The highest BCUT2D eigenvalue weighted by Gasteiger charge is 2.12. The Hall–Kier alpha value is -2.50. The Kier molecular flexibility index (Phi) is 4.82. The maximum atomic E-state index is 12.3. The third-order valence-corrected chi connectivity index (χ3v) is 5.06. The Balaban J connectivity index is 1.53. The molecule has 0 aliphatic carbocycles. The SMILES string of the molecule is CN1CCCN(Cc2ccc(-c3nc4ccccc4c(=O)[nH]3)cc2)CC1. The molecule has 5 nitrogen and oxygen atoms in total. The van der Waals surface area contributed by atoms with E-state index in [9.17, 15) is 4.79 Å². The Morgan fingerprint density at radius 1 is 1.00 bits per heavy atom. The van der Waals surface area contributed by atoms with Crippen LogP contribution in [0.15, 0.2) is 53.3 Å². The predicted octanol–water partition coefficient (Wildman–Crippen LogP) is 2.73. The average molecular weight is 348 g/mol. The molecule has 2 aromatic carbocycles. The maximum Gasteiger partial charge on any atom is 0.259 e. The molecule has 1 aliphatic rings. The van der Waals surface area contributed by atoms with Gasteiger partial charge in [-0.3, -0.25) is 9.69 Å². The number of aromatic nitrogens is 2. The van der Waals surface area contributed by atoms with Crippen LogP contribution in [0.2, 0.25) is 0 Å². The van der Waals surface area contributed by atoms with Crippen LogP contribution in [0.5, 0.6) is 0 Å². The summed E-state index contributed by atoms with van der Waals surface area (Å²) in [5, 5.41) is 0.624. The summed E-state index contributed by atoms with van der Waals surface area (Å²) >= 11 is 0. The largest absolute Gasteiger partial charge is 0.306 e. The van der Waals surface area contributed by atoms with Crippen LogP contribution in [-0.2, 0) is 6.54 Å². The van der Waals surface area contributed by atoms with Crippen LogP contribution in [0.25, 0.3) is 22.3 Å². The second-order valence-electron chi connectivity index (χ2n) is 7.06. The summed E-state index contributed by atoms with van der Waals surface area (Å²) < 4.78 is 0. The molecule has 1 N–H and O–H groups in total. The number of H-pyrrole nitrogens is 1. The highest BCUT2D eigenvalue weighted by molar-refractivity contribution is 5.79. The molecule has 0 bridgehead atoms. The molecular formula is C21H24N4O. The molecule has 2 heterocycles. The van der Waals surface area contributed by atoms with E-state index in [4.69, 9.17) is 0 Å². The molecule has 0 spiro atoms. The van der Waals surface area contributed by atoms with Gasteiger partial charge in [0, 0.05) is 25.2 Å². The lowest BCUT2D eigenvalue weighted by molar-refractivity contribution is 0.269. The fourth-order valence-electron chi connectivity index (χ4n) is 3.51.